The van der Waals surface area contributed by atoms with Crippen LogP contribution >= 0.6 is 0 Å². The van der Waals surface area contributed by atoms with Crippen molar-refractivity contribution in [1.82, 2.24) is 14.5 Å². The summed E-state index contributed by atoms with van der Waals surface area (Å²) in [5, 5.41) is 11.1. The van der Waals surface area contributed by atoms with E-state index in [0.717, 1.165) is 31.6 Å². The minimum atomic E-state index is -3.94. The SMILES string of the molecule is CCc1ccc(S(=O)(=O)N[C@@H]2c3cc(C(=O)N4CCN(CC)CC4)ccc3OC(C)(C)[C@H]2O)cc1. The number of sulfonamides is 1. The number of hydrogen-bond acceptors (Lipinski definition) is 6. The zero-order valence-electron chi connectivity index (χ0n) is 20.8. The Balaban J connectivity index is 1.65. The first kappa shape index (κ1) is 25.6. The van der Waals surface area contributed by atoms with Crippen molar-refractivity contribution in [2.75, 3.05) is 32.7 Å². The number of nitrogens with one attached hydrogen (secondary N) is 1. The molecule has 0 bridgehead atoms. The van der Waals surface area contributed by atoms with E-state index >= 15 is 0 Å². The van der Waals surface area contributed by atoms with Crippen LogP contribution in [0.25, 0.3) is 0 Å². The number of carbonyl (C=O) groups is 1. The van der Waals surface area contributed by atoms with Gasteiger partial charge in [0.2, 0.25) is 10.0 Å². The summed E-state index contributed by atoms with van der Waals surface area (Å²) in [4.78, 5) is 17.5. The molecule has 35 heavy (non-hydrogen) atoms. The fourth-order valence-corrected chi connectivity index (χ4v) is 5.87. The van der Waals surface area contributed by atoms with Crippen LogP contribution in [0.4, 0.5) is 0 Å². The van der Waals surface area contributed by atoms with Crippen molar-refractivity contribution in [3.8, 4) is 5.75 Å². The van der Waals surface area contributed by atoms with Gasteiger partial charge in [0.05, 0.1) is 10.9 Å². The molecule has 190 valence electrons. The molecule has 0 aliphatic carbocycles. The first-order chi connectivity index (χ1) is 16.6. The summed E-state index contributed by atoms with van der Waals surface area (Å²) >= 11 is 0. The van der Waals surface area contributed by atoms with Crippen LogP contribution in [0.3, 0.4) is 0 Å². The molecule has 9 heteroatoms. The molecule has 2 atom stereocenters. The molecule has 0 radical (unpaired) electrons. The fraction of sp³-hybridized carbons (Fsp3) is 0.500. The first-order valence-corrected chi connectivity index (χ1v) is 13.7. The van der Waals surface area contributed by atoms with E-state index in [1.807, 2.05) is 11.8 Å². The van der Waals surface area contributed by atoms with Crippen LogP contribution in [0.1, 0.15) is 55.2 Å². The molecule has 0 spiro atoms. The molecule has 4 rings (SSSR count). The molecule has 1 fully saturated rings. The predicted molar refractivity (Wildman–Crippen MR) is 134 cm³/mol. The summed E-state index contributed by atoms with van der Waals surface area (Å²) in [7, 11) is -3.94. The van der Waals surface area contributed by atoms with Crippen LogP contribution in [0.2, 0.25) is 0 Å². The number of hydrogen-bond donors (Lipinski definition) is 2. The van der Waals surface area contributed by atoms with Gasteiger partial charge in [-0.15, -0.1) is 0 Å². The Morgan fingerprint density at radius 3 is 2.34 bits per heavy atom. The van der Waals surface area contributed by atoms with Crippen molar-refractivity contribution < 1.29 is 23.1 Å². The quantitative estimate of drug-likeness (QED) is 0.631. The van der Waals surface area contributed by atoms with E-state index in [4.69, 9.17) is 4.74 Å². The van der Waals surface area contributed by atoms with Gasteiger partial charge in [0.25, 0.3) is 5.91 Å². The van der Waals surface area contributed by atoms with Crippen molar-refractivity contribution in [2.45, 2.75) is 56.8 Å². The van der Waals surface area contributed by atoms with Gasteiger partial charge in [-0.05, 0) is 62.7 Å². The zero-order chi connectivity index (χ0) is 25.4. The summed E-state index contributed by atoms with van der Waals surface area (Å²) in [6.45, 7) is 11.4. The van der Waals surface area contributed by atoms with Gasteiger partial charge >= 0.3 is 0 Å². The monoisotopic (exact) mass is 501 g/mol. The number of rotatable bonds is 6. The minimum absolute atomic E-state index is 0.111. The third kappa shape index (κ3) is 5.23. The number of aryl methyl sites for hydroxylation is 1. The standard InChI is InChI=1S/C26H35N3O5S/c1-5-18-7-10-20(11-8-18)35(32,33)27-23-21-17-19(9-12-22(21)34-26(3,4)24(23)30)25(31)29-15-13-28(6-2)14-16-29/h7-12,17,23-24,27,30H,5-6,13-16H2,1-4H3/t23-,24+/m1/s1. The van der Waals surface area contributed by atoms with Gasteiger partial charge in [-0.3, -0.25) is 4.79 Å². The van der Waals surface area contributed by atoms with E-state index in [0.29, 0.717) is 30.0 Å². The lowest BCUT2D eigenvalue weighted by atomic mass is 9.86. The second-order valence-corrected chi connectivity index (χ2v) is 11.4. The molecule has 2 aliphatic rings. The van der Waals surface area contributed by atoms with Gasteiger partial charge in [-0.25, -0.2) is 13.1 Å². The Kier molecular flexibility index (Phi) is 7.24. The molecule has 8 nitrogen and oxygen atoms in total. The Morgan fingerprint density at radius 1 is 1.09 bits per heavy atom. The van der Waals surface area contributed by atoms with Gasteiger partial charge in [-0.2, -0.15) is 0 Å². The molecular weight excluding hydrogens is 466 g/mol. The van der Waals surface area contributed by atoms with Crippen LogP contribution in [-0.2, 0) is 16.4 Å². The van der Waals surface area contributed by atoms with Crippen LogP contribution in [0.15, 0.2) is 47.4 Å². The Hall–Kier alpha value is -2.46. The molecule has 1 saturated heterocycles. The average Bonchev–Trinajstić information content (AvgIpc) is 2.86. The van der Waals surface area contributed by atoms with Gasteiger partial charge in [0.1, 0.15) is 17.5 Å². The number of ether oxygens (including phenoxy) is 1. The minimum Gasteiger partial charge on any atom is -0.485 e. The number of benzene rings is 2. The van der Waals surface area contributed by atoms with E-state index < -0.39 is 27.8 Å². The average molecular weight is 502 g/mol. The fourth-order valence-electron chi connectivity index (χ4n) is 4.65. The van der Waals surface area contributed by atoms with Gasteiger partial charge in [-0.1, -0.05) is 26.0 Å². The Labute approximate surface area is 207 Å². The number of piperazine rings is 1. The number of aliphatic hydroxyl groups is 1. The van der Waals surface area contributed by atoms with Crippen molar-refractivity contribution in [3.63, 3.8) is 0 Å². The molecule has 2 aliphatic heterocycles. The first-order valence-electron chi connectivity index (χ1n) is 12.2. The van der Waals surface area contributed by atoms with E-state index in [9.17, 15) is 18.3 Å². The summed E-state index contributed by atoms with van der Waals surface area (Å²) < 4.78 is 35.2. The van der Waals surface area contributed by atoms with Gasteiger partial charge in [0, 0.05) is 37.3 Å². The maximum Gasteiger partial charge on any atom is 0.253 e. The largest absolute Gasteiger partial charge is 0.485 e. The number of amides is 1. The predicted octanol–water partition coefficient (Wildman–Crippen LogP) is 2.58. The topological polar surface area (TPSA) is 99.2 Å². The summed E-state index contributed by atoms with van der Waals surface area (Å²) in [5.41, 5.74) is 0.891. The van der Waals surface area contributed by atoms with Crippen molar-refractivity contribution in [1.29, 1.82) is 0 Å². The molecule has 0 unspecified atom stereocenters. The maximum absolute atomic E-state index is 13.2. The Morgan fingerprint density at radius 2 is 1.74 bits per heavy atom. The van der Waals surface area contributed by atoms with E-state index in [-0.39, 0.29) is 10.8 Å². The summed E-state index contributed by atoms with van der Waals surface area (Å²) in [6.07, 6.45) is -0.365. The van der Waals surface area contributed by atoms with Gasteiger partial charge < -0.3 is 19.6 Å². The molecule has 2 aromatic carbocycles. The maximum atomic E-state index is 13.2. The van der Waals surface area contributed by atoms with Crippen LogP contribution < -0.4 is 9.46 Å². The lowest BCUT2D eigenvalue weighted by molar-refractivity contribution is -0.0603. The molecule has 2 N–H and O–H groups in total. The highest BCUT2D eigenvalue weighted by Gasteiger charge is 2.45. The van der Waals surface area contributed by atoms with Gasteiger partial charge in [0.15, 0.2) is 0 Å². The second-order valence-electron chi connectivity index (χ2n) is 9.73. The third-order valence-corrected chi connectivity index (χ3v) is 8.48. The number of nitrogens with zero attached hydrogens (tertiary/aromatic N) is 2. The van der Waals surface area contributed by atoms with E-state index in [2.05, 4.69) is 16.5 Å². The highest BCUT2D eigenvalue weighted by Crippen LogP contribution is 2.41. The summed E-state index contributed by atoms with van der Waals surface area (Å²) in [5.74, 6) is 0.335. The van der Waals surface area contributed by atoms with Crippen LogP contribution in [0, 0.1) is 0 Å². The molecule has 0 saturated carbocycles. The van der Waals surface area contributed by atoms with Crippen molar-refractivity contribution in [2.24, 2.45) is 0 Å². The number of fused-ring (bicyclic) bond motifs is 1. The summed E-state index contributed by atoms with van der Waals surface area (Å²) in [6, 6.07) is 10.8. The highest BCUT2D eigenvalue weighted by molar-refractivity contribution is 7.89. The second kappa shape index (κ2) is 9.89. The molecule has 2 aromatic rings. The highest BCUT2D eigenvalue weighted by atomic mass is 32.2. The zero-order valence-corrected chi connectivity index (χ0v) is 21.6. The van der Waals surface area contributed by atoms with E-state index in [1.165, 1.54) is 0 Å². The van der Waals surface area contributed by atoms with Crippen molar-refractivity contribution >= 4 is 15.9 Å². The lowest BCUT2D eigenvalue weighted by Gasteiger charge is -2.42. The number of aliphatic hydroxyl groups excluding tert-OH is 1. The normalized spacial score (nSPS) is 22.4. The molecule has 2 heterocycles. The van der Waals surface area contributed by atoms with E-state index in [1.54, 1.807) is 56.3 Å². The van der Waals surface area contributed by atoms with Crippen molar-refractivity contribution in [3.05, 3.63) is 59.2 Å². The Bertz CT molecular complexity index is 1170. The molecular formula is C26H35N3O5S. The van der Waals surface area contributed by atoms with Crippen LogP contribution in [-0.4, -0.2) is 73.7 Å². The number of likely N-dealkylation sites (N-methyl/N-ethyl adjacent to an activating group) is 1. The molecule has 1 amide bonds. The third-order valence-electron chi connectivity index (χ3n) is 7.02. The lowest BCUT2D eigenvalue weighted by Crippen LogP contribution is -2.53. The number of carbonyl (C=O) groups excluding carboxylic acids is 1. The van der Waals surface area contributed by atoms with Crippen LogP contribution in [0.5, 0.6) is 5.75 Å². The smallest absolute Gasteiger partial charge is 0.253 e. The molecule has 0 aromatic heterocycles.